The van der Waals surface area contributed by atoms with Gasteiger partial charge in [0.1, 0.15) is 5.82 Å². The zero-order valence-electron chi connectivity index (χ0n) is 15.6. The minimum atomic E-state index is -0.213. The van der Waals surface area contributed by atoms with Crippen molar-refractivity contribution in [1.82, 2.24) is 9.78 Å². The average molecular weight is 348 g/mol. The molecule has 1 aromatic heterocycles. The molecule has 0 N–H and O–H groups in total. The van der Waals surface area contributed by atoms with Gasteiger partial charge in [0.25, 0.3) is 0 Å². The predicted molar refractivity (Wildman–Crippen MR) is 103 cm³/mol. The van der Waals surface area contributed by atoms with Crippen LogP contribution in [0.5, 0.6) is 0 Å². The quantitative estimate of drug-likeness (QED) is 0.630. The SMILES string of the molecule is CC1=CCC2(CCCC2)[C@@]2(C)Cc3cnn(-c4ccc(F)cc4)c3C=C12. The molecular weight excluding hydrogens is 323 g/mol. The van der Waals surface area contributed by atoms with Crippen molar-refractivity contribution < 1.29 is 4.39 Å². The third kappa shape index (κ3) is 2.06. The van der Waals surface area contributed by atoms with Crippen LogP contribution in [0, 0.1) is 16.6 Å². The van der Waals surface area contributed by atoms with Gasteiger partial charge < -0.3 is 0 Å². The van der Waals surface area contributed by atoms with E-state index < -0.39 is 0 Å². The molecule has 1 aromatic carbocycles. The van der Waals surface area contributed by atoms with Gasteiger partial charge >= 0.3 is 0 Å². The second-order valence-corrected chi connectivity index (χ2v) is 8.59. The molecule has 1 atom stereocenters. The van der Waals surface area contributed by atoms with Crippen LogP contribution in [-0.2, 0) is 6.42 Å². The van der Waals surface area contributed by atoms with Crippen molar-refractivity contribution in [2.24, 2.45) is 10.8 Å². The molecule has 134 valence electrons. The van der Waals surface area contributed by atoms with Crippen molar-refractivity contribution >= 4 is 6.08 Å². The highest BCUT2D eigenvalue weighted by atomic mass is 19.1. The summed E-state index contributed by atoms with van der Waals surface area (Å²) in [4.78, 5) is 0. The van der Waals surface area contributed by atoms with Gasteiger partial charge in [-0.1, -0.05) is 31.4 Å². The summed E-state index contributed by atoms with van der Waals surface area (Å²) in [5.74, 6) is -0.213. The van der Waals surface area contributed by atoms with Crippen molar-refractivity contribution in [2.75, 3.05) is 0 Å². The summed E-state index contributed by atoms with van der Waals surface area (Å²) in [5.41, 5.74) is 6.92. The van der Waals surface area contributed by atoms with Gasteiger partial charge in [-0.25, -0.2) is 9.07 Å². The van der Waals surface area contributed by atoms with Crippen LogP contribution in [0.4, 0.5) is 4.39 Å². The molecule has 0 aliphatic heterocycles. The molecule has 26 heavy (non-hydrogen) atoms. The lowest BCUT2D eigenvalue weighted by molar-refractivity contribution is 0.0890. The number of hydrogen-bond donors (Lipinski definition) is 0. The van der Waals surface area contributed by atoms with E-state index in [4.69, 9.17) is 0 Å². The normalized spacial score (nSPS) is 26.3. The van der Waals surface area contributed by atoms with Crippen LogP contribution >= 0.6 is 0 Å². The second kappa shape index (κ2) is 5.42. The summed E-state index contributed by atoms with van der Waals surface area (Å²) in [5, 5.41) is 4.66. The lowest BCUT2D eigenvalue weighted by Gasteiger charge is -2.53. The topological polar surface area (TPSA) is 17.8 Å². The molecule has 2 nitrogen and oxygen atoms in total. The van der Waals surface area contributed by atoms with Crippen LogP contribution < -0.4 is 0 Å². The van der Waals surface area contributed by atoms with Crippen LogP contribution in [0.3, 0.4) is 0 Å². The van der Waals surface area contributed by atoms with Crippen LogP contribution in [0.1, 0.15) is 57.2 Å². The van der Waals surface area contributed by atoms with Crippen LogP contribution in [0.2, 0.25) is 0 Å². The van der Waals surface area contributed by atoms with Crippen molar-refractivity contribution in [1.29, 1.82) is 0 Å². The molecule has 1 fully saturated rings. The summed E-state index contributed by atoms with van der Waals surface area (Å²) >= 11 is 0. The first-order chi connectivity index (χ1) is 12.5. The first kappa shape index (κ1) is 16.0. The summed E-state index contributed by atoms with van der Waals surface area (Å²) in [6, 6.07) is 6.61. The van der Waals surface area contributed by atoms with Crippen molar-refractivity contribution in [2.45, 2.75) is 52.4 Å². The largest absolute Gasteiger partial charge is 0.233 e. The standard InChI is InChI=1S/C23H25FN2/c1-16-9-12-23(10-3-4-11-23)22(2)14-17-15-25-26(21(17)13-20(16)22)19-7-5-18(24)6-8-19/h5-9,13,15H,3-4,10-12,14H2,1-2H3/t22-/m0/s1. The van der Waals surface area contributed by atoms with Crippen molar-refractivity contribution in [3.05, 3.63) is 64.8 Å². The van der Waals surface area contributed by atoms with Gasteiger partial charge in [0.15, 0.2) is 0 Å². The molecule has 3 aliphatic carbocycles. The third-order valence-electron chi connectivity index (χ3n) is 7.33. The number of fused-ring (bicyclic) bond motifs is 3. The van der Waals surface area contributed by atoms with E-state index in [1.807, 2.05) is 10.9 Å². The van der Waals surface area contributed by atoms with E-state index in [0.717, 1.165) is 17.8 Å². The summed E-state index contributed by atoms with van der Waals surface area (Å²) < 4.78 is 15.3. The molecular formula is C23H25FN2. The van der Waals surface area contributed by atoms with Gasteiger partial charge in [-0.2, -0.15) is 5.10 Å². The van der Waals surface area contributed by atoms with E-state index in [1.54, 1.807) is 12.1 Å². The Balaban J connectivity index is 1.66. The second-order valence-electron chi connectivity index (χ2n) is 8.59. The number of benzene rings is 1. The first-order valence-electron chi connectivity index (χ1n) is 9.75. The van der Waals surface area contributed by atoms with E-state index >= 15 is 0 Å². The highest BCUT2D eigenvalue weighted by Gasteiger charge is 2.54. The molecule has 1 heterocycles. The first-order valence-corrected chi connectivity index (χ1v) is 9.75. The number of nitrogens with zero attached hydrogens (tertiary/aromatic N) is 2. The molecule has 0 saturated heterocycles. The Morgan fingerprint density at radius 3 is 2.58 bits per heavy atom. The molecule has 0 radical (unpaired) electrons. The van der Waals surface area contributed by atoms with Gasteiger partial charge in [-0.05, 0) is 79.5 Å². The summed E-state index contributed by atoms with van der Waals surface area (Å²) in [6.07, 6.45) is 14.5. The van der Waals surface area contributed by atoms with Crippen molar-refractivity contribution in [3.63, 3.8) is 0 Å². The zero-order chi connectivity index (χ0) is 17.9. The number of rotatable bonds is 1. The van der Waals surface area contributed by atoms with Crippen molar-refractivity contribution in [3.8, 4) is 5.69 Å². The Morgan fingerprint density at radius 2 is 1.85 bits per heavy atom. The number of allylic oxidation sites excluding steroid dienone is 3. The summed E-state index contributed by atoms with van der Waals surface area (Å²) in [6.45, 7) is 4.74. The Hall–Kier alpha value is -2.16. The number of halogens is 1. The Bertz CT molecular complexity index is 926. The summed E-state index contributed by atoms with van der Waals surface area (Å²) in [7, 11) is 0. The smallest absolute Gasteiger partial charge is 0.123 e. The van der Waals surface area contributed by atoms with Gasteiger partial charge in [0.05, 0.1) is 17.6 Å². The van der Waals surface area contributed by atoms with Gasteiger partial charge in [0, 0.05) is 5.41 Å². The average Bonchev–Trinajstić information content (AvgIpc) is 3.26. The molecule has 1 saturated carbocycles. The van der Waals surface area contributed by atoms with Gasteiger partial charge in [0.2, 0.25) is 0 Å². The predicted octanol–water partition coefficient (Wildman–Crippen LogP) is 5.87. The molecule has 3 aliphatic rings. The van der Waals surface area contributed by atoms with Crippen LogP contribution in [0.25, 0.3) is 11.8 Å². The van der Waals surface area contributed by atoms with E-state index in [9.17, 15) is 4.39 Å². The molecule has 0 amide bonds. The van der Waals surface area contributed by atoms with Crippen LogP contribution in [-0.4, -0.2) is 9.78 Å². The van der Waals surface area contributed by atoms with E-state index in [2.05, 4.69) is 31.1 Å². The lowest BCUT2D eigenvalue weighted by atomic mass is 9.51. The number of hydrogen-bond acceptors (Lipinski definition) is 1. The maximum atomic E-state index is 13.3. The minimum absolute atomic E-state index is 0.200. The van der Waals surface area contributed by atoms with E-state index in [1.165, 1.54) is 60.9 Å². The van der Waals surface area contributed by atoms with Gasteiger partial charge in [-0.15, -0.1) is 0 Å². The fourth-order valence-corrected chi connectivity index (χ4v) is 5.76. The minimum Gasteiger partial charge on any atom is -0.233 e. The Labute approximate surface area is 154 Å². The zero-order valence-corrected chi connectivity index (χ0v) is 15.6. The molecule has 3 heteroatoms. The fourth-order valence-electron chi connectivity index (χ4n) is 5.76. The number of aromatic nitrogens is 2. The van der Waals surface area contributed by atoms with E-state index in [0.29, 0.717) is 5.41 Å². The highest BCUT2D eigenvalue weighted by molar-refractivity contribution is 5.67. The molecule has 1 spiro atoms. The monoisotopic (exact) mass is 348 g/mol. The van der Waals surface area contributed by atoms with Gasteiger partial charge in [-0.3, -0.25) is 0 Å². The Kier molecular flexibility index (Phi) is 3.34. The molecule has 0 bridgehead atoms. The maximum Gasteiger partial charge on any atom is 0.123 e. The maximum absolute atomic E-state index is 13.3. The highest BCUT2D eigenvalue weighted by Crippen LogP contribution is 2.63. The molecule has 5 rings (SSSR count). The Morgan fingerprint density at radius 1 is 1.12 bits per heavy atom. The van der Waals surface area contributed by atoms with Crippen LogP contribution in [0.15, 0.2) is 47.7 Å². The lowest BCUT2D eigenvalue weighted by Crippen LogP contribution is -2.44. The fraction of sp³-hybridized carbons (Fsp3) is 0.435. The third-order valence-corrected chi connectivity index (χ3v) is 7.33. The molecule has 0 unspecified atom stereocenters. The molecule has 2 aromatic rings. The van der Waals surface area contributed by atoms with E-state index in [-0.39, 0.29) is 11.2 Å².